The van der Waals surface area contributed by atoms with Crippen molar-refractivity contribution in [3.05, 3.63) is 12.2 Å². The van der Waals surface area contributed by atoms with Crippen molar-refractivity contribution in [2.75, 3.05) is 13.4 Å². The van der Waals surface area contributed by atoms with Crippen LogP contribution in [0.5, 0.6) is 0 Å². The van der Waals surface area contributed by atoms with Crippen molar-refractivity contribution >= 4 is 19.7 Å². The second kappa shape index (κ2) is 4.70. The Kier molecular flexibility index (Phi) is 3.79. The largest absolute Gasteiger partial charge is 0.326 e. The molecule has 2 atom stereocenters. The average molecular weight is 232 g/mol. The maximum Gasteiger partial charge on any atom is 0.326 e. The Labute approximate surface area is 87.8 Å². The Hall–Kier alpha value is -0.970. The van der Waals surface area contributed by atoms with E-state index in [-0.39, 0.29) is 12.6 Å². The molecule has 0 aromatic heterocycles. The van der Waals surface area contributed by atoms with E-state index in [0.717, 1.165) is 11.7 Å². The number of hydrogen-bond donors (Lipinski definition) is 1. The number of carbonyl (C=O) groups is 1. The molecule has 2 unspecified atom stereocenters. The van der Waals surface area contributed by atoms with E-state index in [1.807, 2.05) is 0 Å². The molecule has 0 fully saturated rings. The first-order valence-corrected chi connectivity index (χ1v) is 6.39. The van der Waals surface area contributed by atoms with Gasteiger partial charge in [0.05, 0.1) is 5.92 Å². The molecule has 0 saturated heterocycles. The molecule has 6 nitrogen and oxygen atoms in total. The third-order valence-electron chi connectivity index (χ3n) is 1.73. The summed E-state index contributed by atoms with van der Waals surface area (Å²) in [6.45, 7) is 2.56. The maximum atomic E-state index is 11.5. The summed E-state index contributed by atoms with van der Waals surface area (Å²) in [6, 6.07) is 0. The lowest BCUT2D eigenvalue weighted by molar-refractivity contribution is -0.133. The van der Waals surface area contributed by atoms with Crippen LogP contribution in [0.4, 0.5) is 0 Å². The number of hydrogen-bond acceptors (Lipinski definition) is 4. The van der Waals surface area contributed by atoms with Crippen LogP contribution in [0.3, 0.4) is 0 Å². The molecule has 7 heteroatoms. The topological polar surface area (TPSA) is 79.2 Å². The summed E-state index contributed by atoms with van der Waals surface area (Å²) < 4.78 is 15.4. The van der Waals surface area contributed by atoms with Gasteiger partial charge in [0.2, 0.25) is 0 Å². The molecule has 0 aliphatic carbocycles. The number of rotatable bonds is 4. The summed E-state index contributed by atoms with van der Waals surface area (Å²) in [5.74, 6) is -0.657. The van der Waals surface area contributed by atoms with E-state index >= 15 is 0 Å². The number of carbonyl (C=O) groups excluding carboxylic acids is 1. The van der Waals surface area contributed by atoms with Crippen LogP contribution in [0.15, 0.2) is 17.3 Å². The lowest BCUT2D eigenvalue weighted by Crippen LogP contribution is -2.27. The molecule has 1 amide bonds. The Morgan fingerprint density at radius 2 is 2.47 bits per heavy atom. The highest BCUT2D eigenvalue weighted by atomic mass is 31.2. The minimum atomic E-state index is -3.57. The molecular weight excluding hydrogens is 219 g/mol. The van der Waals surface area contributed by atoms with Crippen molar-refractivity contribution in [3.63, 3.8) is 0 Å². The fourth-order valence-corrected chi connectivity index (χ4v) is 1.37. The number of allylic oxidation sites excluding steroid dienone is 1. The summed E-state index contributed by atoms with van der Waals surface area (Å²) in [5, 5.41) is 4.79. The van der Waals surface area contributed by atoms with Crippen molar-refractivity contribution in [3.8, 4) is 0 Å². The fraction of sp³-hybridized carbons (Fsp3) is 0.500. The highest BCUT2D eigenvalue weighted by molar-refractivity contribution is 7.51. The molecular formula is C8H13N2O4P. The normalized spacial score (nSPS) is 25.1. The van der Waals surface area contributed by atoms with Gasteiger partial charge in [-0.05, 0) is 6.92 Å². The van der Waals surface area contributed by atoms with Gasteiger partial charge in [-0.3, -0.25) is 13.9 Å². The standard InChI is InChI=1S/C8H13N2O4P/c1-3-4-7-5-9-10(8(7)11)6-14-15(2,12)13/h3-5,7H,6H2,1-2H3,(H,12,13)/b4-3-. The smallest absolute Gasteiger partial charge is 0.324 e. The molecule has 0 spiro atoms. The SMILES string of the molecule is C/C=C\C1C=NN(COP(C)(=O)O)C1=O. The van der Waals surface area contributed by atoms with Gasteiger partial charge in [-0.25, -0.2) is 5.01 Å². The lowest BCUT2D eigenvalue weighted by Gasteiger charge is -2.14. The van der Waals surface area contributed by atoms with Gasteiger partial charge in [0.15, 0.2) is 6.73 Å². The lowest BCUT2D eigenvalue weighted by atomic mass is 10.1. The first kappa shape index (κ1) is 12.1. The van der Waals surface area contributed by atoms with Crippen LogP contribution in [0.25, 0.3) is 0 Å². The second-order valence-corrected chi connectivity index (χ2v) is 4.98. The van der Waals surface area contributed by atoms with Crippen LogP contribution in [0.2, 0.25) is 0 Å². The van der Waals surface area contributed by atoms with Crippen molar-refractivity contribution < 1.29 is 18.8 Å². The van der Waals surface area contributed by atoms with Gasteiger partial charge in [0.1, 0.15) is 0 Å². The molecule has 0 aromatic rings. The van der Waals surface area contributed by atoms with E-state index in [9.17, 15) is 9.36 Å². The summed E-state index contributed by atoms with van der Waals surface area (Å²) in [4.78, 5) is 20.4. The zero-order valence-corrected chi connectivity index (χ0v) is 9.42. The fourth-order valence-electron chi connectivity index (χ4n) is 1.04. The predicted molar refractivity (Wildman–Crippen MR) is 55.3 cm³/mol. The van der Waals surface area contributed by atoms with Crippen LogP contribution in [0.1, 0.15) is 6.92 Å². The Morgan fingerprint density at radius 1 is 1.80 bits per heavy atom. The summed E-state index contributed by atoms with van der Waals surface area (Å²) in [5.41, 5.74) is 0. The van der Waals surface area contributed by atoms with Crippen LogP contribution in [-0.2, 0) is 13.9 Å². The predicted octanol–water partition coefficient (Wildman–Crippen LogP) is 0.796. The molecule has 1 rings (SSSR count). The summed E-state index contributed by atoms with van der Waals surface area (Å²) >= 11 is 0. The molecule has 1 aliphatic heterocycles. The van der Waals surface area contributed by atoms with E-state index in [2.05, 4.69) is 9.63 Å². The van der Waals surface area contributed by atoms with Gasteiger partial charge in [0, 0.05) is 12.9 Å². The minimum Gasteiger partial charge on any atom is -0.324 e. The Bertz CT molecular complexity index is 347. The van der Waals surface area contributed by atoms with Gasteiger partial charge in [-0.2, -0.15) is 5.10 Å². The highest BCUT2D eigenvalue weighted by Gasteiger charge is 2.27. The summed E-state index contributed by atoms with van der Waals surface area (Å²) in [6.07, 6.45) is 4.90. The first-order valence-electron chi connectivity index (χ1n) is 4.37. The van der Waals surface area contributed by atoms with E-state index in [4.69, 9.17) is 4.89 Å². The molecule has 0 radical (unpaired) electrons. The Balaban J connectivity index is 2.51. The third-order valence-corrected chi connectivity index (χ3v) is 2.32. The van der Waals surface area contributed by atoms with Crippen LogP contribution >= 0.6 is 7.60 Å². The number of amides is 1. The van der Waals surface area contributed by atoms with E-state index in [1.165, 1.54) is 6.21 Å². The summed E-state index contributed by atoms with van der Waals surface area (Å²) in [7, 11) is -3.57. The number of hydrazone groups is 1. The maximum absolute atomic E-state index is 11.5. The molecule has 84 valence electrons. The molecule has 0 saturated carbocycles. The molecule has 1 aliphatic rings. The zero-order chi connectivity index (χ0) is 11.5. The average Bonchev–Trinajstić information content (AvgIpc) is 2.45. The minimum absolute atomic E-state index is 0.262. The van der Waals surface area contributed by atoms with Gasteiger partial charge >= 0.3 is 7.60 Å². The van der Waals surface area contributed by atoms with Crippen LogP contribution in [0, 0.1) is 5.92 Å². The second-order valence-electron chi connectivity index (χ2n) is 3.12. The van der Waals surface area contributed by atoms with E-state index in [0.29, 0.717) is 0 Å². The molecule has 0 bridgehead atoms. The van der Waals surface area contributed by atoms with Gasteiger partial charge in [-0.15, -0.1) is 0 Å². The van der Waals surface area contributed by atoms with Gasteiger partial charge < -0.3 is 4.89 Å². The molecule has 1 N–H and O–H groups in total. The van der Waals surface area contributed by atoms with E-state index < -0.39 is 13.5 Å². The van der Waals surface area contributed by atoms with Crippen LogP contribution in [-0.4, -0.2) is 35.4 Å². The molecule has 15 heavy (non-hydrogen) atoms. The van der Waals surface area contributed by atoms with Gasteiger partial charge in [0.25, 0.3) is 5.91 Å². The van der Waals surface area contributed by atoms with Crippen molar-refractivity contribution in [1.29, 1.82) is 0 Å². The van der Waals surface area contributed by atoms with Crippen molar-refractivity contribution in [2.24, 2.45) is 11.0 Å². The molecule has 0 aromatic carbocycles. The molecule has 1 heterocycles. The Morgan fingerprint density at radius 3 is 3.00 bits per heavy atom. The number of nitrogens with zero attached hydrogens (tertiary/aromatic N) is 2. The zero-order valence-electron chi connectivity index (χ0n) is 8.53. The third kappa shape index (κ3) is 3.58. The first-order chi connectivity index (χ1) is 6.94. The van der Waals surface area contributed by atoms with Crippen LogP contribution < -0.4 is 0 Å². The van der Waals surface area contributed by atoms with Crippen molar-refractivity contribution in [2.45, 2.75) is 6.92 Å². The van der Waals surface area contributed by atoms with Gasteiger partial charge in [-0.1, -0.05) is 12.2 Å². The van der Waals surface area contributed by atoms with E-state index in [1.54, 1.807) is 19.1 Å². The van der Waals surface area contributed by atoms with Crippen molar-refractivity contribution in [1.82, 2.24) is 5.01 Å². The monoisotopic (exact) mass is 232 g/mol. The quantitative estimate of drug-likeness (QED) is 0.574. The highest BCUT2D eigenvalue weighted by Crippen LogP contribution is 2.36.